The first-order chi connectivity index (χ1) is 5.60. The molecular formula is C9H21NO2. The van der Waals surface area contributed by atoms with Crippen LogP contribution in [0.15, 0.2) is 0 Å². The van der Waals surface area contributed by atoms with Crippen molar-refractivity contribution in [3.63, 3.8) is 0 Å². The van der Waals surface area contributed by atoms with Crippen molar-refractivity contribution < 1.29 is 10.2 Å². The van der Waals surface area contributed by atoms with Crippen molar-refractivity contribution in [2.45, 2.75) is 38.9 Å². The van der Waals surface area contributed by atoms with Crippen LogP contribution in [0.25, 0.3) is 0 Å². The minimum absolute atomic E-state index is 0.265. The van der Waals surface area contributed by atoms with Crippen LogP contribution in [0.5, 0.6) is 0 Å². The fourth-order valence-corrected chi connectivity index (χ4v) is 1.05. The molecule has 3 heteroatoms. The van der Waals surface area contributed by atoms with Crippen LogP contribution in [-0.2, 0) is 0 Å². The van der Waals surface area contributed by atoms with E-state index in [1.807, 2.05) is 25.8 Å². The lowest BCUT2D eigenvalue weighted by atomic mass is 10.2. The monoisotopic (exact) mass is 175 g/mol. The van der Waals surface area contributed by atoms with E-state index in [-0.39, 0.29) is 12.2 Å². The molecular weight excluding hydrogens is 154 g/mol. The Balaban J connectivity index is 3.51. The molecule has 0 bridgehead atoms. The maximum absolute atomic E-state index is 9.29. The Labute approximate surface area is 75.0 Å². The Morgan fingerprint density at radius 2 is 1.33 bits per heavy atom. The van der Waals surface area contributed by atoms with Crippen LogP contribution in [0.4, 0.5) is 0 Å². The van der Waals surface area contributed by atoms with Crippen molar-refractivity contribution in [1.82, 2.24) is 4.90 Å². The molecule has 0 saturated carbocycles. The quantitative estimate of drug-likeness (QED) is 0.616. The van der Waals surface area contributed by atoms with Gasteiger partial charge in [0.15, 0.2) is 0 Å². The molecule has 2 N–H and O–H groups in total. The molecule has 0 aromatic carbocycles. The van der Waals surface area contributed by atoms with E-state index in [0.29, 0.717) is 13.1 Å². The maximum Gasteiger partial charge on any atom is 0.0664 e. The highest BCUT2D eigenvalue weighted by atomic mass is 16.3. The number of nitrogens with zero attached hydrogens (tertiary/aromatic N) is 1. The summed E-state index contributed by atoms with van der Waals surface area (Å²) in [6, 6.07) is 0. The SMILES string of the molecule is CCC(O)CN(C)CC(O)CC. The highest BCUT2D eigenvalue weighted by Crippen LogP contribution is 1.97. The molecule has 0 aliphatic heterocycles. The summed E-state index contributed by atoms with van der Waals surface area (Å²) in [5.74, 6) is 0. The van der Waals surface area contributed by atoms with Crippen LogP contribution in [0.2, 0.25) is 0 Å². The summed E-state index contributed by atoms with van der Waals surface area (Å²) in [5, 5.41) is 18.6. The van der Waals surface area contributed by atoms with Gasteiger partial charge < -0.3 is 15.1 Å². The number of aliphatic hydroxyl groups is 2. The number of hydrogen-bond acceptors (Lipinski definition) is 3. The first-order valence-electron chi connectivity index (χ1n) is 4.64. The third kappa shape index (κ3) is 5.52. The minimum Gasteiger partial charge on any atom is -0.392 e. The van der Waals surface area contributed by atoms with Gasteiger partial charge in [0, 0.05) is 13.1 Å². The van der Waals surface area contributed by atoms with Gasteiger partial charge in [-0.1, -0.05) is 13.8 Å². The van der Waals surface area contributed by atoms with Crippen molar-refractivity contribution in [2.24, 2.45) is 0 Å². The van der Waals surface area contributed by atoms with E-state index in [0.717, 1.165) is 12.8 Å². The molecule has 0 rings (SSSR count). The molecule has 0 aliphatic rings. The zero-order chi connectivity index (χ0) is 9.56. The number of aliphatic hydroxyl groups excluding tert-OH is 2. The van der Waals surface area contributed by atoms with E-state index in [1.54, 1.807) is 0 Å². The van der Waals surface area contributed by atoms with E-state index < -0.39 is 0 Å². The Morgan fingerprint density at radius 1 is 1.00 bits per heavy atom. The smallest absolute Gasteiger partial charge is 0.0664 e. The molecule has 0 amide bonds. The Kier molecular flexibility index (Phi) is 6.34. The molecule has 0 aromatic rings. The molecule has 0 fully saturated rings. The number of likely N-dealkylation sites (N-methyl/N-ethyl adjacent to an activating group) is 1. The average Bonchev–Trinajstić information content (AvgIpc) is 2.03. The summed E-state index contributed by atoms with van der Waals surface area (Å²) in [7, 11) is 1.91. The minimum atomic E-state index is -0.265. The molecule has 3 nitrogen and oxygen atoms in total. The lowest BCUT2D eigenvalue weighted by molar-refractivity contribution is 0.0802. The van der Waals surface area contributed by atoms with Crippen molar-refractivity contribution >= 4 is 0 Å². The highest BCUT2D eigenvalue weighted by Gasteiger charge is 2.09. The molecule has 0 heterocycles. The maximum atomic E-state index is 9.29. The van der Waals surface area contributed by atoms with E-state index in [2.05, 4.69) is 0 Å². The number of hydrogen-bond donors (Lipinski definition) is 2. The van der Waals surface area contributed by atoms with Gasteiger partial charge in [0.2, 0.25) is 0 Å². The third-order valence-corrected chi connectivity index (χ3v) is 1.99. The largest absolute Gasteiger partial charge is 0.392 e. The summed E-state index contributed by atoms with van der Waals surface area (Å²) in [6.07, 6.45) is 1.01. The molecule has 0 saturated heterocycles. The van der Waals surface area contributed by atoms with Crippen LogP contribution in [0.3, 0.4) is 0 Å². The average molecular weight is 175 g/mol. The van der Waals surface area contributed by atoms with Gasteiger partial charge in [0.05, 0.1) is 12.2 Å². The summed E-state index contributed by atoms with van der Waals surface area (Å²) in [6.45, 7) is 5.20. The van der Waals surface area contributed by atoms with Crippen molar-refractivity contribution in [1.29, 1.82) is 0 Å². The lowest BCUT2D eigenvalue weighted by Gasteiger charge is -2.21. The zero-order valence-electron chi connectivity index (χ0n) is 8.32. The molecule has 12 heavy (non-hydrogen) atoms. The summed E-state index contributed by atoms with van der Waals surface area (Å²) in [5.41, 5.74) is 0. The van der Waals surface area contributed by atoms with Crippen LogP contribution in [-0.4, -0.2) is 47.5 Å². The summed E-state index contributed by atoms with van der Waals surface area (Å²) >= 11 is 0. The Hall–Kier alpha value is -0.120. The van der Waals surface area contributed by atoms with E-state index in [9.17, 15) is 10.2 Å². The van der Waals surface area contributed by atoms with Gasteiger partial charge in [-0.2, -0.15) is 0 Å². The first kappa shape index (κ1) is 11.9. The molecule has 0 aromatic heterocycles. The highest BCUT2D eigenvalue weighted by molar-refractivity contribution is 4.63. The fourth-order valence-electron chi connectivity index (χ4n) is 1.05. The molecule has 0 radical (unpaired) electrons. The topological polar surface area (TPSA) is 43.7 Å². The second-order valence-electron chi connectivity index (χ2n) is 3.35. The van der Waals surface area contributed by atoms with Crippen molar-refractivity contribution in [2.75, 3.05) is 20.1 Å². The normalized spacial score (nSPS) is 16.5. The standard InChI is InChI=1S/C9H21NO2/c1-4-8(11)6-10(3)7-9(12)5-2/h8-9,11-12H,4-7H2,1-3H3. The van der Waals surface area contributed by atoms with Crippen molar-refractivity contribution in [3.8, 4) is 0 Å². The van der Waals surface area contributed by atoms with Gasteiger partial charge in [-0.3, -0.25) is 0 Å². The molecule has 2 atom stereocenters. The summed E-state index contributed by atoms with van der Waals surface area (Å²) in [4.78, 5) is 1.96. The van der Waals surface area contributed by atoms with Gasteiger partial charge in [0.1, 0.15) is 0 Å². The molecule has 0 spiro atoms. The van der Waals surface area contributed by atoms with Crippen LogP contribution >= 0.6 is 0 Å². The van der Waals surface area contributed by atoms with E-state index in [1.165, 1.54) is 0 Å². The van der Waals surface area contributed by atoms with Gasteiger partial charge in [0.25, 0.3) is 0 Å². The van der Waals surface area contributed by atoms with Crippen LogP contribution in [0, 0.1) is 0 Å². The predicted octanol–water partition coefficient (Wildman–Crippen LogP) is 0.460. The molecule has 0 aliphatic carbocycles. The fraction of sp³-hybridized carbons (Fsp3) is 1.00. The second-order valence-corrected chi connectivity index (χ2v) is 3.35. The predicted molar refractivity (Wildman–Crippen MR) is 50.1 cm³/mol. The van der Waals surface area contributed by atoms with E-state index >= 15 is 0 Å². The van der Waals surface area contributed by atoms with Crippen LogP contribution < -0.4 is 0 Å². The summed E-state index contributed by atoms with van der Waals surface area (Å²) < 4.78 is 0. The van der Waals surface area contributed by atoms with Crippen LogP contribution in [0.1, 0.15) is 26.7 Å². The lowest BCUT2D eigenvalue weighted by Crippen LogP contribution is -2.34. The van der Waals surface area contributed by atoms with E-state index in [4.69, 9.17) is 0 Å². The Bertz CT molecular complexity index is 96.7. The first-order valence-corrected chi connectivity index (χ1v) is 4.64. The Morgan fingerprint density at radius 3 is 1.58 bits per heavy atom. The van der Waals surface area contributed by atoms with Gasteiger partial charge in [-0.25, -0.2) is 0 Å². The second kappa shape index (κ2) is 6.40. The third-order valence-electron chi connectivity index (χ3n) is 1.99. The van der Waals surface area contributed by atoms with Gasteiger partial charge >= 0.3 is 0 Å². The van der Waals surface area contributed by atoms with Crippen molar-refractivity contribution in [3.05, 3.63) is 0 Å². The van der Waals surface area contributed by atoms with Gasteiger partial charge in [-0.05, 0) is 19.9 Å². The zero-order valence-corrected chi connectivity index (χ0v) is 8.32. The van der Waals surface area contributed by atoms with Gasteiger partial charge in [-0.15, -0.1) is 0 Å². The molecule has 74 valence electrons. The number of rotatable bonds is 6. The molecule has 2 unspecified atom stereocenters.